The fourth-order valence-electron chi connectivity index (χ4n) is 1.41. The number of halogens is 6. The van der Waals surface area contributed by atoms with Crippen LogP contribution in [0.25, 0.3) is 0 Å². The molecule has 1 aromatic carbocycles. The highest BCUT2D eigenvalue weighted by molar-refractivity contribution is 5.67. The molecule has 4 nitrogen and oxygen atoms in total. The van der Waals surface area contributed by atoms with E-state index in [1.165, 1.54) is 0 Å². The number of benzene rings is 1. The quantitative estimate of drug-likeness (QED) is 0.844. The Kier molecular flexibility index (Phi) is 4.92. The van der Waals surface area contributed by atoms with E-state index < -0.39 is 43.0 Å². The minimum atomic E-state index is -5.05. The maximum absolute atomic E-state index is 12.1. The molecule has 21 heavy (non-hydrogen) atoms. The zero-order valence-electron chi connectivity index (χ0n) is 10.1. The monoisotopic (exact) mass is 318 g/mol. The third-order valence-corrected chi connectivity index (χ3v) is 2.10. The molecule has 0 amide bonds. The van der Waals surface area contributed by atoms with Gasteiger partial charge in [0, 0.05) is 6.42 Å². The Morgan fingerprint density at radius 3 is 2.10 bits per heavy atom. The SMILES string of the molecule is O=C(O)CCc1cc(OC(F)(F)F)ccc1OC(F)(F)F. The van der Waals surface area contributed by atoms with Crippen LogP contribution in [0.2, 0.25) is 0 Å². The van der Waals surface area contributed by atoms with Crippen LogP contribution in [0.15, 0.2) is 18.2 Å². The molecule has 0 spiro atoms. The summed E-state index contributed by atoms with van der Waals surface area (Å²) in [6.45, 7) is 0. The molecule has 0 aliphatic heterocycles. The molecule has 0 aliphatic rings. The molecule has 1 aromatic rings. The molecule has 0 atom stereocenters. The number of carboxylic acid groups (broad SMARTS) is 1. The summed E-state index contributed by atoms with van der Waals surface area (Å²) >= 11 is 0. The van der Waals surface area contributed by atoms with Gasteiger partial charge in [0.05, 0.1) is 0 Å². The second kappa shape index (κ2) is 6.10. The van der Waals surface area contributed by atoms with Gasteiger partial charge in [0.2, 0.25) is 0 Å². The first-order chi connectivity index (χ1) is 9.46. The van der Waals surface area contributed by atoms with Crippen LogP contribution < -0.4 is 9.47 Å². The summed E-state index contributed by atoms with van der Waals surface area (Å²) < 4.78 is 79.7. The van der Waals surface area contributed by atoms with Gasteiger partial charge in [0.25, 0.3) is 0 Å². The molecule has 118 valence electrons. The first-order valence-electron chi connectivity index (χ1n) is 5.32. The Hall–Kier alpha value is -2.13. The van der Waals surface area contributed by atoms with E-state index in [0.717, 1.165) is 0 Å². The minimum absolute atomic E-state index is 0.364. The Morgan fingerprint density at radius 2 is 1.62 bits per heavy atom. The molecule has 10 heteroatoms. The normalized spacial score (nSPS) is 12.1. The molecular formula is C11H8F6O4. The standard InChI is InChI=1S/C11H8F6O4/c12-10(13,14)20-7-2-3-8(21-11(15,16)17)6(5-7)1-4-9(18)19/h2-3,5H,1,4H2,(H,18,19). The molecule has 1 rings (SSSR count). The predicted molar refractivity (Wildman–Crippen MR) is 55.8 cm³/mol. The maximum atomic E-state index is 12.1. The molecule has 0 aliphatic carbocycles. The second-order valence-electron chi connectivity index (χ2n) is 3.76. The lowest BCUT2D eigenvalue weighted by Gasteiger charge is -2.15. The number of rotatable bonds is 5. The first kappa shape index (κ1) is 16.9. The number of aryl methyl sites for hydroxylation is 1. The third kappa shape index (κ3) is 6.72. The number of aliphatic carboxylic acids is 1. The van der Waals surface area contributed by atoms with Gasteiger partial charge in [-0.15, -0.1) is 26.3 Å². The van der Waals surface area contributed by atoms with Gasteiger partial charge in [0.1, 0.15) is 11.5 Å². The molecule has 0 unspecified atom stereocenters. The van der Waals surface area contributed by atoms with E-state index in [1.54, 1.807) is 0 Å². The lowest BCUT2D eigenvalue weighted by atomic mass is 10.1. The van der Waals surface area contributed by atoms with E-state index >= 15 is 0 Å². The van der Waals surface area contributed by atoms with E-state index in [1.807, 2.05) is 0 Å². The first-order valence-corrected chi connectivity index (χ1v) is 5.32. The molecular weight excluding hydrogens is 310 g/mol. The van der Waals surface area contributed by atoms with Crippen molar-refractivity contribution in [2.24, 2.45) is 0 Å². The number of alkyl halides is 6. The van der Waals surface area contributed by atoms with Gasteiger partial charge in [0.15, 0.2) is 0 Å². The van der Waals surface area contributed by atoms with Crippen molar-refractivity contribution in [1.29, 1.82) is 0 Å². The van der Waals surface area contributed by atoms with E-state index in [2.05, 4.69) is 9.47 Å². The lowest BCUT2D eigenvalue weighted by Crippen LogP contribution is -2.19. The van der Waals surface area contributed by atoms with Gasteiger partial charge in [-0.3, -0.25) is 4.79 Å². The van der Waals surface area contributed by atoms with Crippen molar-refractivity contribution < 1.29 is 45.7 Å². The Morgan fingerprint density at radius 1 is 1.05 bits per heavy atom. The fraction of sp³-hybridized carbons (Fsp3) is 0.364. The number of carboxylic acids is 1. The summed E-state index contributed by atoms with van der Waals surface area (Å²) in [5.41, 5.74) is -0.364. The van der Waals surface area contributed by atoms with Crippen LogP contribution in [0, 0.1) is 0 Å². The molecule has 0 saturated heterocycles. The van der Waals surface area contributed by atoms with E-state index in [-0.39, 0.29) is 5.56 Å². The van der Waals surface area contributed by atoms with Gasteiger partial charge in [-0.05, 0) is 30.2 Å². The van der Waals surface area contributed by atoms with Crippen LogP contribution in [0.1, 0.15) is 12.0 Å². The van der Waals surface area contributed by atoms with Crippen molar-refractivity contribution in [1.82, 2.24) is 0 Å². The van der Waals surface area contributed by atoms with Crippen LogP contribution in [0.5, 0.6) is 11.5 Å². The van der Waals surface area contributed by atoms with Crippen LogP contribution in [-0.2, 0) is 11.2 Å². The van der Waals surface area contributed by atoms with Crippen molar-refractivity contribution in [2.45, 2.75) is 25.6 Å². The molecule has 0 aromatic heterocycles. The van der Waals surface area contributed by atoms with Crippen molar-refractivity contribution in [2.75, 3.05) is 0 Å². The average molecular weight is 318 g/mol. The van der Waals surface area contributed by atoms with Crippen molar-refractivity contribution in [3.63, 3.8) is 0 Å². The summed E-state index contributed by atoms with van der Waals surface area (Å²) in [6.07, 6.45) is -11.1. The van der Waals surface area contributed by atoms with Crippen molar-refractivity contribution >= 4 is 5.97 Å². The van der Waals surface area contributed by atoms with Crippen molar-refractivity contribution in [3.05, 3.63) is 23.8 Å². The Labute approximate surface area is 113 Å². The smallest absolute Gasteiger partial charge is 0.481 e. The average Bonchev–Trinajstić information content (AvgIpc) is 2.25. The van der Waals surface area contributed by atoms with Gasteiger partial charge in [-0.2, -0.15) is 0 Å². The second-order valence-corrected chi connectivity index (χ2v) is 3.76. The van der Waals surface area contributed by atoms with Crippen LogP contribution >= 0.6 is 0 Å². The molecule has 0 fully saturated rings. The van der Waals surface area contributed by atoms with Gasteiger partial charge < -0.3 is 14.6 Å². The fourth-order valence-corrected chi connectivity index (χ4v) is 1.41. The lowest BCUT2D eigenvalue weighted by molar-refractivity contribution is -0.277. The molecule has 0 saturated carbocycles. The molecule has 0 heterocycles. The zero-order valence-corrected chi connectivity index (χ0v) is 10.1. The summed E-state index contributed by atoms with van der Waals surface area (Å²) in [7, 11) is 0. The minimum Gasteiger partial charge on any atom is -0.481 e. The van der Waals surface area contributed by atoms with Crippen LogP contribution in [0.4, 0.5) is 26.3 Å². The van der Waals surface area contributed by atoms with E-state index in [9.17, 15) is 31.1 Å². The van der Waals surface area contributed by atoms with E-state index in [0.29, 0.717) is 18.2 Å². The highest BCUT2D eigenvalue weighted by atomic mass is 19.4. The topological polar surface area (TPSA) is 55.8 Å². The highest BCUT2D eigenvalue weighted by Gasteiger charge is 2.34. The predicted octanol–water partition coefficient (Wildman–Crippen LogP) is 3.50. The summed E-state index contributed by atoms with van der Waals surface area (Å²) in [4.78, 5) is 10.4. The number of ether oxygens (including phenoxy) is 2. The summed E-state index contributed by atoms with van der Waals surface area (Å²) in [5.74, 6) is -2.87. The van der Waals surface area contributed by atoms with Gasteiger partial charge in [-0.1, -0.05) is 0 Å². The number of carbonyl (C=O) groups is 1. The number of hydrogen-bond donors (Lipinski definition) is 1. The largest absolute Gasteiger partial charge is 0.573 e. The molecule has 0 bridgehead atoms. The highest BCUT2D eigenvalue weighted by Crippen LogP contribution is 2.32. The van der Waals surface area contributed by atoms with Crippen LogP contribution in [0.3, 0.4) is 0 Å². The Balaban J connectivity index is 3.04. The van der Waals surface area contributed by atoms with Crippen molar-refractivity contribution in [3.8, 4) is 11.5 Å². The van der Waals surface area contributed by atoms with E-state index in [4.69, 9.17) is 5.11 Å². The maximum Gasteiger partial charge on any atom is 0.573 e. The summed E-state index contributed by atoms with van der Waals surface area (Å²) in [6, 6.07) is 1.92. The van der Waals surface area contributed by atoms with Gasteiger partial charge in [-0.25, -0.2) is 0 Å². The Bertz CT molecular complexity index is 508. The summed E-state index contributed by atoms with van der Waals surface area (Å²) in [5, 5.41) is 8.48. The van der Waals surface area contributed by atoms with Crippen LogP contribution in [-0.4, -0.2) is 23.8 Å². The third-order valence-electron chi connectivity index (χ3n) is 2.10. The molecule has 1 N–H and O–H groups in total. The van der Waals surface area contributed by atoms with Gasteiger partial charge >= 0.3 is 18.7 Å². The zero-order chi connectivity index (χ0) is 16.3. The number of hydrogen-bond acceptors (Lipinski definition) is 3. The molecule has 0 radical (unpaired) electrons.